The molecular weight excluding hydrogens is 264 g/mol. The van der Waals surface area contributed by atoms with Gasteiger partial charge in [-0.2, -0.15) is 0 Å². The molecule has 0 unspecified atom stereocenters. The van der Waals surface area contributed by atoms with Crippen molar-refractivity contribution >= 4 is 18.0 Å². The van der Waals surface area contributed by atoms with E-state index in [1.807, 2.05) is 0 Å². The summed E-state index contributed by atoms with van der Waals surface area (Å²) in [6.07, 6.45) is 2.66. The van der Waals surface area contributed by atoms with Gasteiger partial charge in [0.2, 0.25) is 0 Å². The molecule has 0 atom stereocenters. The van der Waals surface area contributed by atoms with Gasteiger partial charge in [0, 0.05) is 11.6 Å². The summed E-state index contributed by atoms with van der Waals surface area (Å²) in [4.78, 5) is 23.0. The molecule has 20 heavy (non-hydrogen) atoms. The van der Waals surface area contributed by atoms with Crippen LogP contribution in [-0.2, 0) is 14.3 Å². The van der Waals surface area contributed by atoms with Crippen molar-refractivity contribution in [1.82, 2.24) is 0 Å². The van der Waals surface area contributed by atoms with Crippen molar-refractivity contribution in [3.63, 3.8) is 0 Å². The van der Waals surface area contributed by atoms with Gasteiger partial charge in [-0.25, -0.2) is 9.59 Å². The van der Waals surface area contributed by atoms with E-state index in [1.165, 1.54) is 26.4 Å². The number of benzene rings is 1. The van der Waals surface area contributed by atoms with Crippen LogP contribution >= 0.6 is 0 Å². The van der Waals surface area contributed by atoms with Crippen LogP contribution in [0, 0.1) is 0 Å². The van der Waals surface area contributed by atoms with Crippen molar-refractivity contribution in [2.75, 3.05) is 27.4 Å². The second-order valence-electron chi connectivity index (χ2n) is 3.90. The van der Waals surface area contributed by atoms with Crippen molar-refractivity contribution < 1.29 is 28.5 Å². The van der Waals surface area contributed by atoms with E-state index >= 15 is 0 Å². The van der Waals surface area contributed by atoms with Gasteiger partial charge in [-0.15, -0.1) is 0 Å². The fraction of sp³-hybridized carbons (Fsp3) is 0.286. The molecule has 0 radical (unpaired) electrons. The van der Waals surface area contributed by atoms with Gasteiger partial charge >= 0.3 is 11.9 Å². The zero-order valence-electron chi connectivity index (χ0n) is 11.2. The van der Waals surface area contributed by atoms with Gasteiger partial charge in [0.15, 0.2) is 11.5 Å². The Morgan fingerprint density at radius 1 is 1.15 bits per heavy atom. The van der Waals surface area contributed by atoms with Crippen LogP contribution < -0.4 is 9.47 Å². The minimum atomic E-state index is -0.532. The first-order valence-corrected chi connectivity index (χ1v) is 5.94. The molecule has 0 fully saturated rings. The van der Waals surface area contributed by atoms with Gasteiger partial charge in [0.05, 0.1) is 19.8 Å². The van der Waals surface area contributed by atoms with Crippen molar-refractivity contribution in [2.24, 2.45) is 0 Å². The largest absolute Gasteiger partial charge is 0.486 e. The first kappa shape index (κ1) is 13.9. The third-order valence-electron chi connectivity index (χ3n) is 2.74. The lowest BCUT2D eigenvalue weighted by atomic mass is 10.0. The summed E-state index contributed by atoms with van der Waals surface area (Å²) in [6.45, 7) is 0.807. The number of rotatable bonds is 3. The molecule has 6 heteroatoms. The molecule has 6 nitrogen and oxygen atoms in total. The maximum absolute atomic E-state index is 11.8. The molecule has 1 aromatic rings. The molecule has 2 rings (SSSR count). The molecule has 0 saturated heterocycles. The van der Waals surface area contributed by atoms with Crippen LogP contribution in [0.5, 0.6) is 11.5 Å². The monoisotopic (exact) mass is 278 g/mol. The Hall–Kier alpha value is -2.50. The summed E-state index contributed by atoms with van der Waals surface area (Å²) < 4.78 is 20.2. The zero-order valence-corrected chi connectivity index (χ0v) is 11.2. The fourth-order valence-electron chi connectivity index (χ4n) is 1.81. The third kappa shape index (κ3) is 2.74. The Morgan fingerprint density at radius 2 is 1.90 bits per heavy atom. The number of hydrogen-bond acceptors (Lipinski definition) is 6. The van der Waals surface area contributed by atoms with E-state index in [-0.39, 0.29) is 5.56 Å². The highest BCUT2D eigenvalue weighted by atomic mass is 16.6. The highest BCUT2D eigenvalue weighted by molar-refractivity contribution is 5.97. The van der Waals surface area contributed by atoms with Gasteiger partial charge < -0.3 is 18.9 Å². The molecule has 0 saturated carbocycles. The molecule has 0 spiro atoms. The molecular formula is C14H14O6. The number of hydrogen-bond donors (Lipinski definition) is 0. The minimum Gasteiger partial charge on any atom is -0.486 e. The van der Waals surface area contributed by atoms with Gasteiger partial charge in [-0.05, 0) is 18.2 Å². The zero-order chi connectivity index (χ0) is 14.5. The van der Waals surface area contributed by atoms with E-state index in [0.29, 0.717) is 30.3 Å². The predicted molar refractivity (Wildman–Crippen MR) is 69.8 cm³/mol. The number of esters is 2. The van der Waals surface area contributed by atoms with Crippen molar-refractivity contribution in [1.29, 1.82) is 0 Å². The van der Waals surface area contributed by atoms with Crippen LogP contribution in [0.3, 0.4) is 0 Å². The Kier molecular flexibility index (Phi) is 4.24. The van der Waals surface area contributed by atoms with Crippen molar-refractivity contribution in [2.45, 2.75) is 0 Å². The second kappa shape index (κ2) is 6.10. The number of carbonyl (C=O) groups excluding carboxylic acids is 2. The lowest BCUT2D eigenvalue weighted by Crippen LogP contribution is -2.17. The van der Waals surface area contributed by atoms with E-state index in [2.05, 4.69) is 4.74 Å². The van der Waals surface area contributed by atoms with Crippen LogP contribution in [0.15, 0.2) is 18.2 Å². The van der Waals surface area contributed by atoms with Gasteiger partial charge in [-0.1, -0.05) is 0 Å². The summed E-state index contributed by atoms with van der Waals surface area (Å²) in [5, 5.41) is 0. The minimum absolute atomic E-state index is 0.289. The molecule has 1 aliphatic heterocycles. The molecule has 0 bridgehead atoms. The maximum atomic E-state index is 11.8. The topological polar surface area (TPSA) is 71.1 Å². The first-order chi connectivity index (χ1) is 9.67. The van der Waals surface area contributed by atoms with Crippen LogP contribution in [-0.4, -0.2) is 39.4 Å². The van der Waals surface area contributed by atoms with Crippen LogP contribution in [0.25, 0.3) is 6.08 Å². The SMILES string of the molecule is COC(=O)/C=C/c1c(C(=O)OC)ccc2c1OCCO2. The molecule has 1 aliphatic rings. The molecule has 0 aliphatic carbocycles. The molecule has 0 N–H and O–H groups in total. The summed E-state index contributed by atoms with van der Waals surface area (Å²) in [6, 6.07) is 3.20. The number of ether oxygens (including phenoxy) is 4. The highest BCUT2D eigenvalue weighted by Crippen LogP contribution is 2.37. The van der Waals surface area contributed by atoms with E-state index in [0.717, 1.165) is 0 Å². The third-order valence-corrected chi connectivity index (χ3v) is 2.74. The lowest BCUT2D eigenvalue weighted by molar-refractivity contribution is -0.134. The van der Waals surface area contributed by atoms with Crippen LogP contribution in [0.4, 0.5) is 0 Å². The van der Waals surface area contributed by atoms with E-state index in [4.69, 9.17) is 14.2 Å². The molecule has 0 aromatic heterocycles. The van der Waals surface area contributed by atoms with Crippen molar-refractivity contribution in [3.05, 3.63) is 29.3 Å². The van der Waals surface area contributed by atoms with E-state index < -0.39 is 11.9 Å². The molecule has 1 heterocycles. The van der Waals surface area contributed by atoms with E-state index in [1.54, 1.807) is 12.1 Å². The fourth-order valence-corrected chi connectivity index (χ4v) is 1.81. The summed E-state index contributed by atoms with van der Waals surface area (Å²) in [5.74, 6) is -0.116. The number of methoxy groups -OCH3 is 2. The van der Waals surface area contributed by atoms with Crippen LogP contribution in [0.1, 0.15) is 15.9 Å². The summed E-state index contributed by atoms with van der Waals surface area (Å²) >= 11 is 0. The smallest absolute Gasteiger partial charge is 0.338 e. The summed E-state index contributed by atoms with van der Waals surface area (Å²) in [7, 11) is 2.56. The normalized spacial score (nSPS) is 13.1. The Bertz CT molecular complexity index is 561. The summed E-state index contributed by atoms with van der Waals surface area (Å²) in [5.41, 5.74) is 0.719. The van der Waals surface area contributed by atoms with Gasteiger partial charge in [0.1, 0.15) is 13.2 Å². The standard InChI is InChI=1S/C14H14O6/c1-17-12(15)6-4-9-10(14(16)18-2)3-5-11-13(9)20-8-7-19-11/h3-6H,7-8H2,1-2H3/b6-4+. The lowest BCUT2D eigenvalue weighted by Gasteiger charge is -2.21. The second-order valence-corrected chi connectivity index (χ2v) is 3.90. The Morgan fingerprint density at radius 3 is 2.60 bits per heavy atom. The molecule has 106 valence electrons. The van der Waals surface area contributed by atoms with Crippen molar-refractivity contribution in [3.8, 4) is 11.5 Å². The quantitative estimate of drug-likeness (QED) is 0.615. The molecule has 0 amide bonds. The average molecular weight is 278 g/mol. The highest BCUT2D eigenvalue weighted by Gasteiger charge is 2.21. The Labute approximate surface area is 115 Å². The van der Waals surface area contributed by atoms with E-state index in [9.17, 15) is 9.59 Å². The molecule has 1 aromatic carbocycles. The van der Waals surface area contributed by atoms with Gasteiger partial charge in [-0.3, -0.25) is 0 Å². The number of fused-ring (bicyclic) bond motifs is 1. The predicted octanol–water partition coefficient (Wildman–Crippen LogP) is 1.43. The maximum Gasteiger partial charge on any atom is 0.338 e. The average Bonchev–Trinajstić information content (AvgIpc) is 2.51. The van der Waals surface area contributed by atoms with Crippen LogP contribution in [0.2, 0.25) is 0 Å². The van der Waals surface area contributed by atoms with Gasteiger partial charge in [0.25, 0.3) is 0 Å². The first-order valence-electron chi connectivity index (χ1n) is 5.94. The number of carbonyl (C=O) groups is 2. The Balaban J connectivity index is 2.50.